The van der Waals surface area contributed by atoms with Gasteiger partial charge in [0.1, 0.15) is 10.9 Å². The van der Waals surface area contributed by atoms with Gasteiger partial charge in [0, 0.05) is 5.56 Å². The Morgan fingerprint density at radius 1 is 1.23 bits per heavy atom. The summed E-state index contributed by atoms with van der Waals surface area (Å²) < 4.78 is 5.84. The van der Waals surface area contributed by atoms with Gasteiger partial charge in [0.2, 0.25) is 11.2 Å². The standard InChI is InChI=1S/C15H15Cl2N3O2/c1-8(2)12-13(16)19-15(17)20-14(12)22-11-5-9(3)4-10(6-11)7-18-21/h4-8,21H,1-3H3. The first-order chi connectivity index (χ1) is 10.4. The highest BCUT2D eigenvalue weighted by atomic mass is 35.5. The summed E-state index contributed by atoms with van der Waals surface area (Å²) in [6.45, 7) is 5.84. The number of ether oxygens (including phenoxy) is 1. The van der Waals surface area contributed by atoms with E-state index >= 15 is 0 Å². The SMILES string of the molecule is Cc1cc(C=NO)cc(Oc2nc(Cl)nc(Cl)c2C(C)C)c1. The van der Waals surface area contributed by atoms with Gasteiger partial charge in [0.15, 0.2) is 0 Å². The summed E-state index contributed by atoms with van der Waals surface area (Å²) in [5, 5.41) is 12.0. The molecule has 0 spiro atoms. The monoisotopic (exact) mass is 339 g/mol. The summed E-state index contributed by atoms with van der Waals surface area (Å²) in [7, 11) is 0. The number of aromatic nitrogens is 2. The number of aryl methyl sites for hydroxylation is 1. The van der Waals surface area contributed by atoms with Crippen molar-refractivity contribution in [2.24, 2.45) is 5.16 Å². The number of halogens is 2. The van der Waals surface area contributed by atoms with E-state index in [1.165, 1.54) is 6.21 Å². The van der Waals surface area contributed by atoms with Crippen molar-refractivity contribution in [3.8, 4) is 11.6 Å². The van der Waals surface area contributed by atoms with Crippen LogP contribution in [0.5, 0.6) is 11.6 Å². The maximum Gasteiger partial charge on any atom is 0.228 e. The van der Waals surface area contributed by atoms with Gasteiger partial charge in [0.25, 0.3) is 0 Å². The van der Waals surface area contributed by atoms with Crippen LogP contribution in [0, 0.1) is 6.92 Å². The number of nitrogens with zero attached hydrogens (tertiary/aromatic N) is 3. The summed E-state index contributed by atoms with van der Waals surface area (Å²) in [5.74, 6) is 0.933. The van der Waals surface area contributed by atoms with Crippen molar-refractivity contribution in [3.63, 3.8) is 0 Å². The highest BCUT2D eigenvalue weighted by Crippen LogP contribution is 2.34. The van der Waals surface area contributed by atoms with Gasteiger partial charge in [-0.1, -0.05) is 36.7 Å². The fourth-order valence-corrected chi connectivity index (χ4v) is 2.63. The lowest BCUT2D eigenvalue weighted by Crippen LogP contribution is -2.01. The Morgan fingerprint density at radius 3 is 2.59 bits per heavy atom. The first-order valence-electron chi connectivity index (χ1n) is 6.60. The third kappa shape index (κ3) is 3.87. The summed E-state index contributed by atoms with van der Waals surface area (Å²) in [6.07, 6.45) is 1.32. The van der Waals surface area contributed by atoms with Crippen molar-refractivity contribution in [1.29, 1.82) is 0 Å². The van der Waals surface area contributed by atoms with Crippen LogP contribution in [0.25, 0.3) is 0 Å². The van der Waals surface area contributed by atoms with Gasteiger partial charge in [-0.15, -0.1) is 0 Å². The second-order valence-corrected chi connectivity index (χ2v) is 5.78. The number of oxime groups is 1. The minimum atomic E-state index is 0.0224. The molecule has 5 nitrogen and oxygen atoms in total. The molecule has 2 aromatic rings. The van der Waals surface area contributed by atoms with Crippen molar-refractivity contribution in [3.05, 3.63) is 45.3 Å². The molecule has 0 aliphatic rings. The van der Waals surface area contributed by atoms with Crippen molar-refractivity contribution >= 4 is 29.4 Å². The number of rotatable bonds is 4. The molecule has 1 aromatic heterocycles. The summed E-state index contributed by atoms with van der Waals surface area (Å²) in [4.78, 5) is 8.07. The predicted molar refractivity (Wildman–Crippen MR) is 86.8 cm³/mol. The molecule has 7 heteroatoms. The molecular formula is C15H15Cl2N3O2. The van der Waals surface area contributed by atoms with Gasteiger partial charge in [-0.2, -0.15) is 4.98 Å². The normalized spacial score (nSPS) is 11.4. The van der Waals surface area contributed by atoms with Gasteiger partial charge in [-0.3, -0.25) is 0 Å². The predicted octanol–water partition coefficient (Wildman–Crippen LogP) is 4.82. The van der Waals surface area contributed by atoms with Gasteiger partial charge >= 0.3 is 0 Å². The minimum absolute atomic E-state index is 0.0224. The molecule has 0 saturated carbocycles. The lowest BCUT2D eigenvalue weighted by molar-refractivity contribution is 0.322. The van der Waals surface area contributed by atoms with E-state index in [9.17, 15) is 0 Å². The molecule has 116 valence electrons. The molecule has 1 aromatic carbocycles. The van der Waals surface area contributed by atoms with E-state index in [0.717, 1.165) is 5.56 Å². The Morgan fingerprint density at radius 2 is 1.95 bits per heavy atom. The second-order valence-electron chi connectivity index (χ2n) is 5.08. The zero-order valence-corrected chi connectivity index (χ0v) is 13.9. The molecule has 0 aliphatic carbocycles. The lowest BCUT2D eigenvalue weighted by atomic mass is 10.1. The van der Waals surface area contributed by atoms with Crippen LogP contribution < -0.4 is 4.74 Å². The maximum atomic E-state index is 8.65. The van der Waals surface area contributed by atoms with Gasteiger partial charge in [-0.25, -0.2) is 4.98 Å². The van der Waals surface area contributed by atoms with E-state index in [1.807, 2.05) is 32.9 Å². The van der Waals surface area contributed by atoms with Crippen LogP contribution in [0.2, 0.25) is 10.4 Å². The smallest absolute Gasteiger partial charge is 0.228 e. The van der Waals surface area contributed by atoms with Crippen LogP contribution >= 0.6 is 23.2 Å². The maximum absolute atomic E-state index is 8.65. The zero-order chi connectivity index (χ0) is 16.3. The lowest BCUT2D eigenvalue weighted by Gasteiger charge is -2.14. The largest absolute Gasteiger partial charge is 0.438 e. The Hall–Kier alpha value is -1.85. The molecule has 0 radical (unpaired) electrons. The van der Waals surface area contributed by atoms with Crippen LogP contribution in [0.3, 0.4) is 0 Å². The molecule has 0 bridgehead atoms. The third-order valence-electron chi connectivity index (χ3n) is 2.91. The summed E-state index contributed by atoms with van der Waals surface area (Å²) >= 11 is 12.0. The van der Waals surface area contributed by atoms with E-state index in [0.29, 0.717) is 22.8 Å². The van der Waals surface area contributed by atoms with Crippen LogP contribution in [0.1, 0.15) is 36.5 Å². The van der Waals surface area contributed by atoms with Crippen molar-refractivity contribution in [2.75, 3.05) is 0 Å². The number of hydrogen-bond acceptors (Lipinski definition) is 5. The first kappa shape index (κ1) is 16.5. The Labute approximate surface area is 138 Å². The van der Waals surface area contributed by atoms with Crippen molar-refractivity contribution < 1.29 is 9.94 Å². The Kier molecular flexibility index (Phi) is 5.21. The molecule has 2 rings (SSSR count). The summed E-state index contributed by atoms with van der Waals surface area (Å²) in [5.41, 5.74) is 2.34. The first-order valence-corrected chi connectivity index (χ1v) is 7.36. The van der Waals surface area contributed by atoms with Crippen LogP contribution in [-0.2, 0) is 0 Å². The Balaban J connectivity index is 2.47. The molecule has 0 saturated heterocycles. The van der Waals surface area contributed by atoms with Crippen LogP contribution in [0.15, 0.2) is 23.4 Å². The van der Waals surface area contributed by atoms with E-state index in [-0.39, 0.29) is 16.4 Å². The molecule has 0 amide bonds. The topological polar surface area (TPSA) is 67.6 Å². The molecule has 22 heavy (non-hydrogen) atoms. The van der Waals surface area contributed by atoms with E-state index in [4.69, 9.17) is 33.1 Å². The Bertz CT molecular complexity index is 718. The highest BCUT2D eigenvalue weighted by Gasteiger charge is 2.18. The highest BCUT2D eigenvalue weighted by molar-refractivity contribution is 6.32. The van der Waals surface area contributed by atoms with E-state index in [1.54, 1.807) is 6.07 Å². The molecule has 0 aliphatic heterocycles. The molecule has 0 fully saturated rings. The van der Waals surface area contributed by atoms with Crippen LogP contribution in [0.4, 0.5) is 0 Å². The number of hydrogen-bond donors (Lipinski definition) is 1. The van der Waals surface area contributed by atoms with E-state index < -0.39 is 0 Å². The van der Waals surface area contributed by atoms with Crippen molar-refractivity contribution in [1.82, 2.24) is 9.97 Å². The summed E-state index contributed by atoms with van der Waals surface area (Å²) in [6, 6.07) is 5.42. The average Bonchev–Trinajstić information content (AvgIpc) is 2.36. The molecule has 1 N–H and O–H groups in total. The third-order valence-corrected chi connectivity index (χ3v) is 3.37. The molecule has 0 unspecified atom stereocenters. The van der Waals surface area contributed by atoms with E-state index in [2.05, 4.69) is 15.1 Å². The minimum Gasteiger partial charge on any atom is -0.438 e. The number of benzene rings is 1. The molecular weight excluding hydrogens is 325 g/mol. The second kappa shape index (κ2) is 6.94. The zero-order valence-electron chi connectivity index (χ0n) is 12.3. The average molecular weight is 340 g/mol. The van der Waals surface area contributed by atoms with Gasteiger partial charge in [-0.05, 0) is 42.1 Å². The molecule has 1 heterocycles. The van der Waals surface area contributed by atoms with Gasteiger partial charge < -0.3 is 9.94 Å². The van der Waals surface area contributed by atoms with Gasteiger partial charge in [0.05, 0.1) is 11.8 Å². The quantitative estimate of drug-likeness (QED) is 0.285. The van der Waals surface area contributed by atoms with Crippen LogP contribution in [-0.4, -0.2) is 21.4 Å². The fraction of sp³-hybridized carbons (Fsp3) is 0.267. The fourth-order valence-electron chi connectivity index (χ4n) is 2.05. The molecule has 0 atom stereocenters. The van der Waals surface area contributed by atoms with Crippen molar-refractivity contribution in [2.45, 2.75) is 26.7 Å².